The van der Waals surface area contributed by atoms with E-state index in [4.69, 9.17) is 4.74 Å². The molecule has 1 fully saturated rings. The summed E-state index contributed by atoms with van der Waals surface area (Å²) in [6.45, 7) is 4.09. The van der Waals surface area contributed by atoms with Crippen LogP contribution in [-0.2, 0) is 9.59 Å². The maximum Gasteiger partial charge on any atom is 0.239 e. The molecule has 1 aliphatic heterocycles. The molecule has 2 rings (SSSR count). The van der Waals surface area contributed by atoms with Crippen molar-refractivity contribution in [2.75, 3.05) is 26.0 Å². The molecule has 0 bridgehead atoms. The highest BCUT2D eigenvalue weighted by Gasteiger charge is 2.35. The largest absolute Gasteiger partial charge is 0.489 e. The maximum absolute atomic E-state index is 12.0. The lowest BCUT2D eigenvalue weighted by atomic mass is 10.2. The van der Waals surface area contributed by atoms with Crippen LogP contribution in [0.25, 0.3) is 0 Å². The number of carbonyl (C=O) groups excluding carboxylic acids is 2. The van der Waals surface area contributed by atoms with E-state index in [1.807, 2.05) is 24.3 Å². The Labute approximate surface area is 128 Å². The Morgan fingerprint density at radius 2 is 2.33 bits per heavy atom. The molecule has 0 aromatic heterocycles. The van der Waals surface area contributed by atoms with Crippen LogP contribution in [0.3, 0.4) is 0 Å². The van der Waals surface area contributed by atoms with Crippen molar-refractivity contribution in [1.82, 2.24) is 10.2 Å². The summed E-state index contributed by atoms with van der Waals surface area (Å²) in [6.07, 6.45) is 1.67. The number of nitrogens with zero attached hydrogens (tertiary/aromatic N) is 1. The zero-order valence-electron chi connectivity index (χ0n) is 11.9. The van der Waals surface area contributed by atoms with Crippen LogP contribution in [0.15, 0.2) is 36.9 Å². The van der Waals surface area contributed by atoms with Gasteiger partial charge < -0.3 is 15.0 Å². The van der Waals surface area contributed by atoms with Gasteiger partial charge in [-0.1, -0.05) is 30.9 Å². The summed E-state index contributed by atoms with van der Waals surface area (Å²) in [5.74, 6) is 0.872. The number of rotatable bonds is 6. The molecule has 112 valence electrons. The number of para-hydroxylation sites is 1. The first-order valence-corrected chi connectivity index (χ1v) is 7.66. The van der Waals surface area contributed by atoms with Crippen LogP contribution in [0.2, 0.25) is 0 Å². The Kier molecular flexibility index (Phi) is 5.27. The van der Waals surface area contributed by atoms with Gasteiger partial charge in [0, 0.05) is 12.6 Å². The lowest BCUT2D eigenvalue weighted by Crippen LogP contribution is -2.38. The molecular formula is C15H18N2O3S. The number of hydrogen-bond acceptors (Lipinski definition) is 4. The van der Waals surface area contributed by atoms with E-state index in [1.165, 1.54) is 11.8 Å². The molecule has 1 aromatic rings. The first-order valence-electron chi connectivity index (χ1n) is 6.61. The number of benzene rings is 1. The fourth-order valence-electron chi connectivity index (χ4n) is 2.08. The van der Waals surface area contributed by atoms with Gasteiger partial charge in [-0.3, -0.25) is 9.59 Å². The Morgan fingerprint density at radius 3 is 3.05 bits per heavy atom. The van der Waals surface area contributed by atoms with Gasteiger partial charge in [-0.25, -0.2) is 0 Å². The van der Waals surface area contributed by atoms with E-state index >= 15 is 0 Å². The standard InChI is InChI=1S/C15H18N2O3S/c1-3-8-20-12-7-5-4-6-11(12)15-17(9-13(18)16-2)14(19)10-21-15/h3-7,15H,1,8-10H2,2H3,(H,16,18). The molecule has 1 heterocycles. The van der Waals surface area contributed by atoms with Gasteiger partial charge in [0.05, 0.1) is 5.75 Å². The second-order valence-corrected chi connectivity index (χ2v) is 5.56. The van der Waals surface area contributed by atoms with Gasteiger partial charge in [0.2, 0.25) is 11.8 Å². The number of carbonyl (C=O) groups is 2. The summed E-state index contributed by atoms with van der Waals surface area (Å²) < 4.78 is 5.64. The predicted molar refractivity (Wildman–Crippen MR) is 83.1 cm³/mol. The van der Waals surface area contributed by atoms with E-state index in [2.05, 4.69) is 11.9 Å². The molecule has 6 heteroatoms. The maximum atomic E-state index is 12.0. The van der Waals surface area contributed by atoms with Crippen molar-refractivity contribution < 1.29 is 14.3 Å². The van der Waals surface area contributed by atoms with Crippen LogP contribution < -0.4 is 10.1 Å². The Hall–Kier alpha value is -1.95. The van der Waals surface area contributed by atoms with E-state index in [0.29, 0.717) is 18.1 Å². The van der Waals surface area contributed by atoms with Gasteiger partial charge in [0.25, 0.3) is 0 Å². The molecule has 1 aliphatic rings. The average Bonchev–Trinajstić information content (AvgIpc) is 2.86. The number of hydrogen-bond donors (Lipinski definition) is 1. The van der Waals surface area contributed by atoms with E-state index in [9.17, 15) is 9.59 Å². The summed E-state index contributed by atoms with van der Waals surface area (Å²) in [4.78, 5) is 25.2. The minimum atomic E-state index is -0.198. The molecule has 2 amide bonds. The Balaban J connectivity index is 2.24. The lowest BCUT2D eigenvalue weighted by Gasteiger charge is -2.25. The summed E-state index contributed by atoms with van der Waals surface area (Å²) in [6, 6.07) is 7.57. The molecule has 1 aromatic carbocycles. The van der Waals surface area contributed by atoms with Gasteiger partial charge in [-0.05, 0) is 6.07 Å². The Morgan fingerprint density at radius 1 is 1.57 bits per heavy atom. The van der Waals surface area contributed by atoms with Crippen LogP contribution in [-0.4, -0.2) is 42.7 Å². The fourth-order valence-corrected chi connectivity index (χ4v) is 3.29. The average molecular weight is 306 g/mol. The van der Waals surface area contributed by atoms with Crippen LogP contribution >= 0.6 is 11.8 Å². The van der Waals surface area contributed by atoms with E-state index in [-0.39, 0.29) is 23.7 Å². The zero-order chi connectivity index (χ0) is 15.2. The van der Waals surface area contributed by atoms with Gasteiger partial charge >= 0.3 is 0 Å². The summed E-state index contributed by atoms with van der Waals surface area (Å²) >= 11 is 1.50. The zero-order valence-corrected chi connectivity index (χ0v) is 12.7. The van der Waals surface area contributed by atoms with Crippen molar-refractivity contribution in [3.05, 3.63) is 42.5 Å². The monoisotopic (exact) mass is 306 g/mol. The number of nitrogens with one attached hydrogen (secondary N) is 1. The van der Waals surface area contributed by atoms with Crippen molar-refractivity contribution in [2.24, 2.45) is 0 Å². The highest BCUT2D eigenvalue weighted by atomic mass is 32.2. The van der Waals surface area contributed by atoms with E-state index in [0.717, 1.165) is 5.56 Å². The number of thioether (sulfide) groups is 1. The minimum absolute atomic E-state index is 0.0351. The molecule has 5 nitrogen and oxygen atoms in total. The number of amides is 2. The molecule has 1 atom stereocenters. The minimum Gasteiger partial charge on any atom is -0.489 e. The van der Waals surface area contributed by atoms with E-state index in [1.54, 1.807) is 18.0 Å². The summed E-state index contributed by atoms with van der Waals surface area (Å²) in [5, 5.41) is 2.35. The third kappa shape index (κ3) is 3.58. The summed E-state index contributed by atoms with van der Waals surface area (Å²) in [5.41, 5.74) is 0.902. The molecular weight excluding hydrogens is 288 g/mol. The number of ether oxygens (including phenoxy) is 1. The lowest BCUT2D eigenvalue weighted by molar-refractivity contribution is -0.133. The molecule has 0 aliphatic carbocycles. The smallest absolute Gasteiger partial charge is 0.239 e. The van der Waals surface area contributed by atoms with Gasteiger partial charge in [0.1, 0.15) is 24.3 Å². The van der Waals surface area contributed by atoms with Crippen LogP contribution in [0.5, 0.6) is 5.75 Å². The Bertz CT molecular complexity index is 547. The fraction of sp³-hybridized carbons (Fsp3) is 0.333. The third-order valence-corrected chi connectivity index (χ3v) is 4.34. The van der Waals surface area contributed by atoms with Gasteiger partial charge in [-0.15, -0.1) is 11.8 Å². The second kappa shape index (κ2) is 7.17. The van der Waals surface area contributed by atoms with Crippen molar-refractivity contribution in [3.8, 4) is 5.75 Å². The first-order chi connectivity index (χ1) is 10.2. The van der Waals surface area contributed by atoms with E-state index < -0.39 is 0 Å². The normalized spacial score (nSPS) is 17.7. The predicted octanol–water partition coefficient (Wildman–Crippen LogP) is 1.57. The number of likely N-dealkylation sites (N-methyl/N-ethyl adjacent to an activating group) is 1. The molecule has 0 saturated carbocycles. The summed E-state index contributed by atoms with van der Waals surface area (Å²) in [7, 11) is 1.56. The first kappa shape index (κ1) is 15.4. The second-order valence-electron chi connectivity index (χ2n) is 4.50. The van der Waals surface area contributed by atoms with Crippen molar-refractivity contribution in [3.63, 3.8) is 0 Å². The molecule has 0 spiro atoms. The van der Waals surface area contributed by atoms with Crippen molar-refractivity contribution >= 4 is 23.6 Å². The SMILES string of the molecule is C=CCOc1ccccc1C1SCC(=O)N1CC(=O)NC. The van der Waals surface area contributed by atoms with Crippen LogP contribution in [0.4, 0.5) is 0 Å². The highest BCUT2D eigenvalue weighted by Crippen LogP contribution is 2.42. The molecule has 21 heavy (non-hydrogen) atoms. The highest BCUT2D eigenvalue weighted by molar-refractivity contribution is 8.00. The van der Waals surface area contributed by atoms with Gasteiger partial charge in [-0.2, -0.15) is 0 Å². The molecule has 1 unspecified atom stereocenters. The quantitative estimate of drug-likeness (QED) is 0.811. The van der Waals surface area contributed by atoms with Gasteiger partial charge in [0.15, 0.2) is 0 Å². The molecule has 0 radical (unpaired) electrons. The third-order valence-electron chi connectivity index (χ3n) is 3.10. The van der Waals surface area contributed by atoms with Crippen LogP contribution in [0, 0.1) is 0 Å². The topological polar surface area (TPSA) is 58.6 Å². The van der Waals surface area contributed by atoms with Crippen molar-refractivity contribution in [2.45, 2.75) is 5.37 Å². The molecule has 1 saturated heterocycles. The van der Waals surface area contributed by atoms with Crippen LogP contribution in [0.1, 0.15) is 10.9 Å². The molecule has 1 N–H and O–H groups in total. The van der Waals surface area contributed by atoms with Crippen molar-refractivity contribution in [1.29, 1.82) is 0 Å².